The Hall–Kier alpha value is -3.37. The SMILES string of the molecule is CCOc1ccc(N(CC(=O)N(Cc2cccc(C)c2)[C@@H](CC)C(=O)NCC(C)C)S(=O)(=O)c2ccc(Br)cc2)cc1. The van der Waals surface area contributed by atoms with Crippen LogP contribution in [-0.4, -0.2) is 50.9 Å². The lowest BCUT2D eigenvalue weighted by Gasteiger charge is -2.33. The second kappa shape index (κ2) is 15.2. The van der Waals surface area contributed by atoms with Gasteiger partial charge in [-0.25, -0.2) is 8.42 Å². The van der Waals surface area contributed by atoms with Crippen molar-refractivity contribution < 1.29 is 22.7 Å². The summed E-state index contributed by atoms with van der Waals surface area (Å²) in [4.78, 5) is 29.0. The van der Waals surface area contributed by atoms with Crippen LogP contribution in [0.4, 0.5) is 5.69 Å². The molecule has 0 aliphatic carbocycles. The summed E-state index contributed by atoms with van der Waals surface area (Å²) in [5, 5.41) is 2.95. The Morgan fingerprint density at radius 3 is 2.21 bits per heavy atom. The van der Waals surface area contributed by atoms with Crippen molar-refractivity contribution in [1.29, 1.82) is 0 Å². The summed E-state index contributed by atoms with van der Waals surface area (Å²) in [6.45, 7) is 10.3. The summed E-state index contributed by atoms with van der Waals surface area (Å²) < 4.78 is 35.4. The smallest absolute Gasteiger partial charge is 0.264 e. The molecule has 3 rings (SSSR count). The van der Waals surface area contributed by atoms with Crippen LogP contribution >= 0.6 is 15.9 Å². The molecule has 0 bridgehead atoms. The highest BCUT2D eigenvalue weighted by atomic mass is 79.9. The number of hydrogen-bond acceptors (Lipinski definition) is 5. The summed E-state index contributed by atoms with van der Waals surface area (Å²) in [6, 6.07) is 19.8. The maximum Gasteiger partial charge on any atom is 0.264 e. The molecule has 1 N–H and O–H groups in total. The number of ether oxygens (including phenoxy) is 1. The molecule has 0 unspecified atom stereocenters. The van der Waals surface area contributed by atoms with Gasteiger partial charge in [0.15, 0.2) is 0 Å². The van der Waals surface area contributed by atoms with E-state index < -0.39 is 28.5 Å². The fourth-order valence-corrected chi connectivity index (χ4v) is 6.17. The zero-order valence-electron chi connectivity index (χ0n) is 24.8. The number of amides is 2. The van der Waals surface area contributed by atoms with E-state index in [0.29, 0.717) is 31.0 Å². The van der Waals surface area contributed by atoms with E-state index in [2.05, 4.69) is 21.2 Å². The number of aryl methyl sites for hydroxylation is 1. The van der Waals surface area contributed by atoms with Gasteiger partial charge in [-0.15, -0.1) is 0 Å². The van der Waals surface area contributed by atoms with Gasteiger partial charge in [-0.1, -0.05) is 66.5 Å². The Morgan fingerprint density at radius 2 is 1.64 bits per heavy atom. The van der Waals surface area contributed by atoms with Crippen molar-refractivity contribution in [2.24, 2.45) is 5.92 Å². The summed E-state index contributed by atoms with van der Waals surface area (Å²) in [5.41, 5.74) is 2.18. The van der Waals surface area contributed by atoms with E-state index in [-0.39, 0.29) is 23.3 Å². The average molecular weight is 659 g/mol. The lowest BCUT2D eigenvalue weighted by molar-refractivity contribution is -0.140. The third-order valence-corrected chi connectivity index (χ3v) is 8.94. The third kappa shape index (κ3) is 8.82. The zero-order chi connectivity index (χ0) is 30.9. The number of carbonyl (C=O) groups excluding carboxylic acids is 2. The molecule has 3 aromatic rings. The Morgan fingerprint density at radius 1 is 0.976 bits per heavy atom. The Balaban J connectivity index is 2.05. The third-order valence-electron chi connectivity index (χ3n) is 6.62. The number of halogens is 1. The molecule has 1 atom stereocenters. The van der Waals surface area contributed by atoms with E-state index in [1.165, 1.54) is 17.0 Å². The lowest BCUT2D eigenvalue weighted by Crippen LogP contribution is -2.52. The summed E-state index contributed by atoms with van der Waals surface area (Å²) in [5.74, 6) is 0.0642. The number of anilines is 1. The van der Waals surface area contributed by atoms with Crippen LogP contribution in [0.3, 0.4) is 0 Å². The maximum atomic E-state index is 14.2. The standard InChI is InChI=1S/C32H40BrN3O5S/c1-6-30(32(38)34-20-23(3)4)35(21-25-10-8-9-24(5)19-25)31(37)22-36(27-13-15-28(16-14-27)41-7-2)42(39,40)29-17-11-26(33)12-18-29/h8-19,23,30H,6-7,20-22H2,1-5H3,(H,34,38)/t30-/m0/s1. The van der Waals surface area contributed by atoms with E-state index in [9.17, 15) is 18.0 Å². The summed E-state index contributed by atoms with van der Waals surface area (Å²) in [6.07, 6.45) is 0.365. The van der Waals surface area contributed by atoms with Crippen LogP contribution < -0.4 is 14.4 Å². The molecule has 10 heteroatoms. The van der Waals surface area contributed by atoms with E-state index in [1.807, 2.05) is 58.9 Å². The average Bonchev–Trinajstić information content (AvgIpc) is 2.95. The van der Waals surface area contributed by atoms with Gasteiger partial charge in [0.05, 0.1) is 17.2 Å². The van der Waals surface area contributed by atoms with Gasteiger partial charge in [0.2, 0.25) is 11.8 Å². The van der Waals surface area contributed by atoms with Crippen molar-refractivity contribution in [3.05, 3.63) is 88.4 Å². The van der Waals surface area contributed by atoms with Gasteiger partial charge in [-0.2, -0.15) is 0 Å². The van der Waals surface area contributed by atoms with Gasteiger partial charge >= 0.3 is 0 Å². The molecule has 0 saturated heterocycles. The highest BCUT2D eigenvalue weighted by molar-refractivity contribution is 9.10. The minimum absolute atomic E-state index is 0.0411. The van der Waals surface area contributed by atoms with E-state index >= 15 is 0 Å². The molecule has 2 amide bonds. The molecule has 0 aliphatic heterocycles. The summed E-state index contributed by atoms with van der Waals surface area (Å²) in [7, 11) is -4.15. The van der Waals surface area contributed by atoms with Crippen LogP contribution in [-0.2, 0) is 26.2 Å². The van der Waals surface area contributed by atoms with Crippen LogP contribution in [0.2, 0.25) is 0 Å². The van der Waals surface area contributed by atoms with Gasteiger partial charge in [0.1, 0.15) is 18.3 Å². The second-order valence-electron chi connectivity index (χ2n) is 10.5. The number of nitrogens with one attached hydrogen (secondary N) is 1. The number of nitrogens with zero attached hydrogens (tertiary/aromatic N) is 2. The second-order valence-corrected chi connectivity index (χ2v) is 13.2. The molecule has 0 aliphatic rings. The topological polar surface area (TPSA) is 96.0 Å². The molecule has 0 fully saturated rings. The molecule has 226 valence electrons. The highest BCUT2D eigenvalue weighted by Gasteiger charge is 2.33. The van der Waals surface area contributed by atoms with E-state index in [0.717, 1.165) is 19.9 Å². The van der Waals surface area contributed by atoms with Crippen LogP contribution in [0.1, 0.15) is 45.2 Å². The highest BCUT2D eigenvalue weighted by Crippen LogP contribution is 2.27. The Bertz CT molecular complexity index is 1440. The first-order valence-electron chi connectivity index (χ1n) is 14.1. The van der Waals surface area contributed by atoms with Crippen molar-refractivity contribution in [2.75, 3.05) is 24.0 Å². The molecule has 0 spiro atoms. The van der Waals surface area contributed by atoms with Gasteiger partial charge in [0.25, 0.3) is 10.0 Å². The van der Waals surface area contributed by atoms with E-state index in [4.69, 9.17) is 4.74 Å². The molecule has 8 nitrogen and oxygen atoms in total. The predicted molar refractivity (Wildman–Crippen MR) is 170 cm³/mol. The van der Waals surface area contributed by atoms with Gasteiger partial charge in [-0.05, 0) is 80.3 Å². The predicted octanol–water partition coefficient (Wildman–Crippen LogP) is 5.93. The lowest BCUT2D eigenvalue weighted by atomic mass is 10.1. The van der Waals surface area contributed by atoms with Crippen molar-refractivity contribution in [2.45, 2.75) is 58.5 Å². The molecular weight excluding hydrogens is 618 g/mol. The molecular formula is C32H40BrN3O5S. The number of rotatable bonds is 14. The quantitative estimate of drug-likeness (QED) is 0.232. The monoisotopic (exact) mass is 657 g/mol. The van der Waals surface area contributed by atoms with E-state index in [1.54, 1.807) is 36.4 Å². The molecule has 0 radical (unpaired) electrons. The van der Waals surface area contributed by atoms with Crippen molar-refractivity contribution in [3.8, 4) is 5.75 Å². The normalized spacial score (nSPS) is 12.1. The number of carbonyl (C=O) groups is 2. The fourth-order valence-electron chi connectivity index (χ4n) is 4.49. The zero-order valence-corrected chi connectivity index (χ0v) is 27.2. The van der Waals surface area contributed by atoms with Crippen molar-refractivity contribution in [3.63, 3.8) is 0 Å². The van der Waals surface area contributed by atoms with Crippen LogP contribution in [0.25, 0.3) is 0 Å². The number of sulfonamides is 1. The van der Waals surface area contributed by atoms with Gasteiger partial charge < -0.3 is 15.0 Å². The largest absolute Gasteiger partial charge is 0.494 e. The van der Waals surface area contributed by atoms with Crippen molar-refractivity contribution >= 4 is 43.5 Å². The molecule has 0 saturated carbocycles. The van der Waals surface area contributed by atoms with Gasteiger partial charge in [-0.3, -0.25) is 13.9 Å². The first-order valence-corrected chi connectivity index (χ1v) is 16.3. The first-order chi connectivity index (χ1) is 20.0. The molecule has 42 heavy (non-hydrogen) atoms. The number of hydrogen-bond donors (Lipinski definition) is 1. The molecule has 3 aromatic carbocycles. The first kappa shape index (κ1) is 33.1. The molecule has 0 heterocycles. The minimum atomic E-state index is -4.15. The van der Waals surface area contributed by atoms with Gasteiger partial charge in [0, 0.05) is 17.6 Å². The van der Waals surface area contributed by atoms with Crippen molar-refractivity contribution in [1.82, 2.24) is 10.2 Å². The Kier molecular flexibility index (Phi) is 12.0. The summed E-state index contributed by atoms with van der Waals surface area (Å²) >= 11 is 3.35. The Labute approximate surface area is 258 Å². The van der Waals surface area contributed by atoms with Crippen LogP contribution in [0.15, 0.2) is 82.2 Å². The molecule has 0 aromatic heterocycles. The number of benzene rings is 3. The maximum absolute atomic E-state index is 14.2. The fraction of sp³-hybridized carbons (Fsp3) is 0.375. The minimum Gasteiger partial charge on any atom is -0.494 e. The van der Waals surface area contributed by atoms with Crippen LogP contribution in [0.5, 0.6) is 5.75 Å². The van der Waals surface area contributed by atoms with Crippen LogP contribution in [0, 0.1) is 12.8 Å².